The predicted molar refractivity (Wildman–Crippen MR) is 125 cm³/mol. The predicted octanol–water partition coefficient (Wildman–Crippen LogP) is 3.01. The highest BCUT2D eigenvalue weighted by molar-refractivity contribution is 7.22. The molecule has 1 heteroatoms. The van der Waals surface area contributed by atoms with Crippen LogP contribution in [0.1, 0.15) is 11.1 Å². The molecular weight excluding hydrogens is 364 g/mol. The van der Waals surface area contributed by atoms with Crippen molar-refractivity contribution in [3.8, 4) is 35.8 Å². The van der Waals surface area contributed by atoms with Crippen LogP contribution < -0.4 is 20.7 Å². The van der Waals surface area contributed by atoms with E-state index < -0.39 is 8.07 Å². The van der Waals surface area contributed by atoms with Crippen molar-refractivity contribution in [3.05, 3.63) is 108 Å². The molecule has 0 amide bonds. The fourth-order valence-electron chi connectivity index (χ4n) is 4.67. The molecule has 0 N–H and O–H groups in total. The number of terminal acetylenes is 2. The zero-order chi connectivity index (χ0) is 19.8. The summed E-state index contributed by atoms with van der Waals surface area (Å²) in [5, 5.41) is 5.37. The van der Waals surface area contributed by atoms with Gasteiger partial charge in [-0.25, -0.2) is 0 Å². The second-order valence-corrected chi connectivity index (χ2v) is 11.0. The van der Waals surface area contributed by atoms with Crippen LogP contribution in [0.5, 0.6) is 0 Å². The molecule has 1 heterocycles. The first-order valence-corrected chi connectivity index (χ1v) is 11.6. The van der Waals surface area contributed by atoms with E-state index in [1.165, 1.54) is 31.9 Å². The van der Waals surface area contributed by atoms with Crippen LogP contribution in [0.25, 0.3) is 11.1 Å². The van der Waals surface area contributed by atoms with Gasteiger partial charge in [-0.05, 0) is 56.1 Å². The topological polar surface area (TPSA) is 0 Å². The Morgan fingerprint density at radius 2 is 0.931 bits per heavy atom. The molecule has 0 radical (unpaired) electrons. The molecule has 0 saturated heterocycles. The van der Waals surface area contributed by atoms with Crippen LogP contribution in [-0.2, 0) is 0 Å². The van der Waals surface area contributed by atoms with Gasteiger partial charge >= 0.3 is 0 Å². The van der Waals surface area contributed by atoms with Gasteiger partial charge in [0.25, 0.3) is 0 Å². The summed E-state index contributed by atoms with van der Waals surface area (Å²) in [5.74, 6) is 5.67. The molecule has 0 saturated carbocycles. The van der Waals surface area contributed by atoms with E-state index in [1.54, 1.807) is 0 Å². The average Bonchev–Trinajstić information content (AvgIpc) is 3.09. The molecule has 134 valence electrons. The van der Waals surface area contributed by atoms with Crippen LogP contribution in [-0.4, -0.2) is 8.07 Å². The molecule has 4 aromatic carbocycles. The van der Waals surface area contributed by atoms with Gasteiger partial charge in [-0.3, -0.25) is 0 Å². The Kier molecular flexibility index (Phi) is 3.99. The molecule has 0 nitrogen and oxygen atoms in total. The van der Waals surface area contributed by atoms with Crippen LogP contribution in [0.2, 0.25) is 0 Å². The molecule has 29 heavy (non-hydrogen) atoms. The van der Waals surface area contributed by atoms with E-state index in [0.29, 0.717) is 0 Å². The van der Waals surface area contributed by atoms with Gasteiger partial charge in [0.2, 0.25) is 0 Å². The van der Waals surface area contributed by atoms with Crippen molar-refractivity contribution < 1.29 is 0 Å². The van der Waals surface area contributed by atoms with Crippen molar-refractivity contribution in [2.24, 2.45) is 0 Å². The van der Waals surface area contributed by atoms with Crippen LogP contribution in [0.15, 0.2) is 97.1 Å². The summed E-state index contributed by atoms with van der Waals surface area (Å²) in [7, 11) is -2.51. The molecule has 1 aliphatic heterocycles. The van der Waals surface area contributed by atoms with E-state index >= 15 is 0 Å². The lowest BCUT2D eigenvalue weighted by molar-refractivity contribution is 1.65. The van der Waals surface area contributed by atoms with Crippen LogP contribution in [0, 0.1) is 24.7 Å². The van der Waals surface area contributed by atoms with Crippen molar-refractivity contribution in [1.82, 2.24) is 0 Å². The molecule has 1 aliphatic rings. The van der Waals surface area contributed by atoms with Gasteiger partial charge in [0.05, 0.1) is 0 Å². The molecule has 0 atom stereocenters. The first kappa shape index (κ1) is 17.3. The highest BCUT2D eigenvalue weighted by Crippen LogP contribution is 2.29. The molecule has 0 aromatic heterocycles. The van der Waals surface area contributed by atoms with Crippen LogP contribution >= 0.6 is 0 Å². The summed E-state index contributed by atoms with van der Waals surface area (Å²) in [5.41, 5.74) is 4.36. The first-order chi connectivity index (χ1) is 14.3. The molecule has 5 rings (SSSR count). The average molecular weight is 383 g/mol. The van der Waals surface area contributed by atoms with Gasteiger partial charge in [0, 0.05) is 11.1 Å². The highest BCUT2D eigenvalue weighted by atomic mass is 28.3. The third-order valence-corrected chi connectivity index (χ3v) is 10.7. The van der Waals surface area contributed by atoms with E-state index in [2.05, 4.69) is 96.8 Å². The maximum Gasteiger partial charge on any atom is 0.180 e. The number of rotatable bonds is 2. The van der Waals surface area contributed by atoms with Crippen molar-refractivity contribution in [1.29, 1.82) is 0 Å². The Balaban J connectivity index is 2.00. The van der Waals surface area contributed by atoms with Crippen LogP contribution in [0.4, 0.5) is 0 Å². The van der Waals surface area contributed by atoms with Gasteiger partial charge < -0.3 is 0 Å². The summed E-state index contributed by atoms with van der Waals surface area (Å²) in [6, 6.07) is 34.5. The fourth-order valence-corrected chi connectivity index (χ4v) is 9.91. The second kappa shape index (κ2) is 6.68. The van der Waals surface area contributed by atoms with Gasteiger partial charge in [0.15, 0.2) is 8.07 Å². The van der Waals surface area contributed by atoms with E-state index in [4.69, 9.17) is 12.8 Å². The van der Waals surface area contributed by atoms with Crippen LogP contribution in [0.3, 0.4) is 0 Å². The van der Waals surface area contributed by atoms with E-state index in [0.717, 1.165) is 11.1 Å². The van der Waals surface area contributed by atoms with Gasteiger partial charge in [0.1, 0.15) is 0 Å². The quantitative estimate of drug-likeness (QED) is 0.325. The first-order valence-electron chi connectivity index (χ1n) is 9.62. The summed E-state index contributed by atoms with van der Waals surface area (Å²) in [6.45, 7) is 0. The van der Waals surface area contributed by atoms with Gasteiger partial charge in [-0.1, -0.05) is 84.6 Å². The molecule has 0 spiro atoms. The van der Waals surface area contributed by atoms with Crippen molar-refractivity contribution in [3.63, 3.8) is 0 Å². The standard InChI is InChI=1S/C28H18Si/c1-3-21-15-17-25-26-18-16-22(4-2)20-28(26)29(27(25)19-21,23-11-7-5-8-12-23)24-13-9-6-10-14-24/h1-2,5-20H. The third kappa shape index (κ3) is 2.42. The lowest BCUT2D eigenvalue weighted by Crippen LogP contribution is -2.72. The Morgan fingerprint density at radius 3 is 1.31 bits per heavy atom. The summed E-state index contributed by atoms with van der Waals surface area (Å²) in [4.78, 5) is 0. The molecule has 4 aromatic rings. The van der Waals surface area contributed by atoms with Gasteiger partial charge in [-0.15, -0.1) is 12.8 Å². The minimum atomic E-state index is -2.51. The number of hydrogen-bond donors (Lipinski definition) is 0. The number of fused-ring (bicyclic) bond motifs is 3. The van der Waals surface area contributed by atoms with Crippen molar-refractivity contribution in [2.75, 3.05) is 0 Å². The third-order valence-electron chi connectivity index (χ3n) is 5.88. The smallest absolute Gasteiger partial charge is 0.115 e. The minimum absolute atomic E-state index is 0.914. The lowest BCUT2D eigenvalue weighted by Gasteiger charge is -2.31. The molecule has 0 aliphatic carbocycles. The number of hydrogen-bond acceptors (Lipinski definition) is 0. The Hall–Kier alpha value is -3.78. The molecular formula is C28H18Si. The maximum absolute atomic E-state index is 5.80. The van der Waals surface area contributed by atoms with E-state index in [9.17, 15) is 0 Å². The monoisotopic (exact) mass is 382 g/mol. The largest absolute Gasteiger partial charge is 0.180 e. The lowest BCUT2D eigenvalue weighted by atomic mass is 10.0. The Bertz CT molecular complexity index is 1200. The minimum Gasteiger partial charge on any atom is -0.115 e. The van der Waals surface area contributed by atoms with Crippen molar-refractivity contribution >= 4 is 28.8 Å². The molecule has 0 unspecified atom stereocenters. The second-order valence-electron chi connectivity index (χ2n) is 7.29. The Labute approximate surface area is 172 Å². The molecule has 0 bridgehead atoms. The fraction of sp³-hybridized carbons (Fsp3) is 0. The zero-order valence-corrected chi connectivity index (χ0v) is 16.9. The van der Waals surface area contributed by atoms with E-state index in [-0.39, 0.29) is 0 Å². The summed E-state index contributed by atoms with van der Waals surface area (Å²) >= 11 is 0. The maximum atomic E-state index is 5.80. The summed E-state index contributed by atoms with van der Waals surface area (Å²) < 4.78 is 0. The van der Waals surface area contributed by atoms with E-state index in [1.807, 2.05) is 12.1 Å². The number of benzene rings is 4. The van der Waals surface area contributed by atoms with Crippen molar-refractivity contribution in [2.45, 2.75) is 0 Å². The Morgan fingerprint density at radius 1 is 0.517 bits per heavy atom. The SMILES string of the molecule is C#Cc1ccc2c(c1)[Si](c1ccccc1)(c1ccccc1)c1cc(C#C)ccc1-2. The normalized spacial score (nSPS) is 13.0. The summed E-state index contributed by atoms with van der Waals surface area (Å²) in [6.07, 6.45) is 11.6. The molecule has 0 fully saturated rings. The zero-order valence-electron chi connectivity index (χ0n) is 15.9. The highest BCUT2D eigenvalue weighted by Gasteiger charge is 2.48. The van der Waals surface area contributed by atoms with Gasteiger partial charge in [-0.2, -0.15) is 0 Å².